The third-order valence-electron chi connectivity index (χ3n) is 1.34. The minimum Gasteiger partial charge on any atom is -0.481 e. The highest BCUT2D eigenvalue weighted by Gasteiger charge is 2.05. The van der Waals surface area contributed by atoms with E-state index in [0.29, 0.717) is 6.42 Å². The van der Waals surface area contributed by atoms with Gasteiger partial charge in [-0.1, -0.05) is 13.0 Å². The van der Waals surface area contributed by atoms with Crippen LogP contribution in [0.3, 0.4) is 0 Å². The number of aliphatic carboxylic acids is 1. The molecule has 0 amide bonds. The molecule has 0 aliphatic carbocycles. The second-order valence-electron chi connectivity index (χ2n) is 2.59. The average Bonchev–Trinajstić information content (AvgIpc) is 1.85. The van der Waals surface area contributed by atoms with E-state index in [1.807, 2.05) is 6.92 Å². The van der Waals surface area contributed by atoms with Gasteiger partial charge in [0.25, 0.3) is 0 Å². The molecule has 0 bridgehead atoms. The monoisotopic (exact) mass is 155 g/mol. The van der Waals surface area contributed by atoms with Crippen molar-refractivity contribution in [1.29, 1.82) is 5.41 Å². The van der Waals surface area contributed by atoms with Crippen molar-refractivity contribution in [3.05, 3.63) is 12.7 Å². The van der Waals surface area contributed by atoms with Crippen LogP contribution >= 0.6 is 0 Å². The molecule has 62 valence electrons. The van der Waals surface area contributed by atoms with Gasteiger partial charge in [0.1, 0.15) is 0 Å². The van der Waals surface area contributed by atoms with Crippen molar-refractivity contribution >= 4 is 11.7 Å². The second kappa shape index (κ2) is 4.66. The molecule has 0 fully saturated rings. The van der Waals surface area contributed by atoms with Crippen molar-refractivity contribution in [2.75, 3.05) is 0 Å². The van der Waals surface area contributed by atoms with E-state index in [9.17, 15) is 4.79 Å². The molecule has 2 N–H and O–H groups in total. The Balaban J connectivity index is 3.69. The van der Waals surface area contributed by atoms with Crippen LogP contribution in [0.15, 0.2) is 12.7 Å². The zero-order valence-electron chi connectivity index (χ0n) is 6.63. The molecule has 1 unspecified atom stereocenters. The fourth-order valence-corrected chi connectivity index (χ4v) is 0.727. The van der Waals surface area contributed by atoms with Crippen molar-refractivity contribution < 1.29 is 9.90 Å². The van der Waals surface area contributed by atoms with Crippen LogP contribution in [0.1, 0.15) is 19.8 Å². The third-order valence-corrected chi connectivity index (χ3v) is 1.34. The van der Waals surface area contributed by atoms with E-state index in [4.69, 9.17) is 10.5 Å². The summed E-state index contributed by atoms with van der Waals surface area (Å²) < 4.78 is 0. The molecule has 0 radical (unpaired) electrons. The van der Waals surface area contributed by atoms with Crippen molar-refractivity contribution in [3.8, 4) is 0 Å². The minimum absolute atomic E-state index is 0.155. The van der Waals surface area contributed by atoms with Crippen LogP contribution in [-0.2, 0) is 4.79 Å². The van der Waals surface area contributed by atoms with Crippen LogP contribution in [0.4, 0.5) is 0 Å². The van der Waals surface area contributed by atoms with Crippen LogP contribution in [0, 0.1) is 11.3 Å². The van der Waals surface area contributed by atoms with Gasteiger partial charge >= 0.3 is 5.97 Å². The topological polar surface area (TPSA) is 61.2 Å². The summed E-state index contributed by atoms with van der Waals surface area (Å²) in [6, 6.07) is 0. The van der Waals surface area contributed by atoms with E-state index >= 15 is 0 Å². The largest absolute Gasteiger partial charge is 0.481 e. The van der Waals surface area contributed by atoms with Crippen LogP contribution in [0.25, 0.3) is 0 Å². The average molecular weight is 155 g/mol. The van der Waals surface area contributed by atoms with Crippen molar-refractivity contribution in [2.24, 2.45) is 5.92 Å². The molecule has 0 aliphatic heterocycles. The fraction of sp³-hybridized carbons (Fsp3) is 0.500. The first-order valence-corrected chi connectivity index (χ1v) is 3.47. The van der Waals surface area contributed by atoms with Crippen LogP contribution < -0.4 is 0 Å². The van der Waals surface area contributed by atoms with Gasteiger partial charge < -0.3 is 10.5 Å². The highest BCUT2D eigenvalue weighted by atomic mass is 16.4. The lowest BCUT2D eigenvalue weighted by Crippen LogP contribution is -2.08. The van der Waals surface area contributed by atoms with E-state index < -0.39 is 5.97 Å². The molecule has 0 saturated carbocycles. The summed E-state index contributed by atoms with van der Waals surface area (Å²) >= 11 is 0. The van der Waals surface area contributed by atoms with Crippen LogP contribution in [-0.4, -0.2) is 16.8 Å². The highest BCUT2D eigenvalue weighted by Crippen LogP contribution is 2.04. The number of carbonyl (C=O) groups is 1. The molecule has 0 spiro atoms. The first-order chi connectivity index (χ1) is 5.06. The van der Waals surface area contributed by atoms with Gasteiger partial charge in [-0.05, 0) is 12.3 Å². The SMILES string of the molecule is C=CC(C)CC(=N)CC(=O)O. The van der Waals surface area contributed by atoms with Crippen molar-refractivity contribution in [2.45, 2.75) is 19.8 Å². The number of hydrogen-bond donors (Lipinski definition) is 2. The summed E-state index contributed by atoms with van der Waals surface area (Å²) in [4.78, 5) is 10.1. The van der Waals surface area contributed by atoms with E-state index in [-0.39, 0.29) is 18.1 Å². The summed E-state index contributed by atoms with van der Waals surface area (Å²) in [7, 11) is 0. The lowest BCUT2D eigenvalue weighted by atomic mass is 10.0. The van der Waals surface area contributed by atoms with Crippen LogP contribution in [0.2, 0.25) is 0 Å². The molecule has 3 nitrogen and oxygen atoms in total. The Bertz CT molecular complexity index is 175. The maximum absolute atomic E-state index is 10.1. The van der Waals surface area contributed by atoms with E-state index in [1.54, 1.807) is 6.08 Å². The maximum Gasteiger partial charge on any atom is 0.309 e. The van der Waals surface area contributed by atoms with Gasteiger partial charge in [-0.2, -0.15) is 0 Å². The van der Waals surface area contributed by atoms with Gasteiger partial charge in [0.2, 0.25) is 0 Å². The first-order valence-electron chi connectivity index (χ1n) is 3.47. The predicted octanol–water partition coefficient (Wildman–Crippen LogP) is 1.69. The number of hydrogen-bond acceptors (Lipinski definition) is 2. The van der Waals surface area contributed by atoms with Crippen molar-refractivity contribution in [1.82, 2.24) is 0 Å². The predicted molar refractivity (Wildman–Crippen MR) is 44.0 cm³/mol. The maximum atomic E-state index is 10.1. The summed E-state index contributed by atoms with van der Waals surface area (Å²) in [5, 5.41) is 15.5. The standard InChI is InChI=1S/C8H13NO2/c1-3-6(2)4-7(9)5-8(10)11/h3,6,9H,1,4-5H2,2H3,(H,10,11). The molecular formula is C8H13NO2. The molecule has 0 heterocycles. The second-order valence-corrected chi connectivity index (χ2v) is 2.59. The smallest absolute Gasteiger partial charge is 0.309 e. The lowest BCUT2D eigenvalue weighted by Gasteiger charge is -2.04. The Labute approximate surface area is 66.2 Å². The molecule has 1 atom stereocenters. The normalized spacial score (nSPS) is 12.1. The van der Waals surface area contributed by atoms with Gasteiger partial charge in [0.15, 0.2) is 0 Å². The van der Waals surface area contributed by atoms with Crippen LogP contribution in [0.5, 0.6) is 0 Å². The molecule has 0 rings (SSSR count). The van der Waals surface area contributed by atoms with E-state index in [2.05, 4.69) is 6.58 Å². The number of nitrogens with one attached hydrogen (secondary N) is 1. The van der Waals surface area contributed by atoms with E-state index in [1.165, 1.54) is 0 Å². The summed E-state index contributed by atoms with van der Waals surface area (Å²) in [6.45, 7) is 5.45. The molecule has 0 aromatic rings. The van der Waals surface area contributed by atoms with E-state index in [0.717, 1.165) is 0 Å². The molecule has 3 heteroatoms. The van der Waals surface area contributed by atoms with Gasteiger partial charge in [0.05, 0.1) is 6.42 Å². The molecule has 0 aromatic heterocycles. The molecule has 0 saturated heterocycles. The molecule has 11 heavy (non-hydrogen) atoms. The lowest BCUT2D eigenvalue weighted by molar-refractivity contribution is -0.135. The highest BCUT2D eigenvalue weighted by molar-refractivity contribution is 5.96. The summed E-state index contributed by atoms with van der Waals surface area (Å²) in [5.74, 6) is -0.742. The van der Waals surface area contributed by atoms with Gasteiger partial charge in [-0.25, -0.2) is 0 Å². The molecule has 0 aliphatic rings. The quantitative estimate of drug-likeness (QED) is 0.468. The zero-order valence-corrected chi connectivity index (χ0v) is 6.63. The van der Waals surface area contributed by atoms with Gasteiger partial charge in [-0.15, -0.1) is 6.58 Å². The van der Waals surface area contributed by atoms with Crippen molar-refractivity contribution in [3.63, 3.8) is 0 Å². The number of allylic oxidation sites excluding steroid dienone is 1. The summed E-state index contributed by atoms with van der Waals surface area (Å²) in [5.41, 5.74) is 0.255. The number of rotatable bonds is 5. The minimum atomic E-state index is -0.939. The Kier molecular flexibility index (Phi) is 4.18. The first kappa shape index (κ1) is 9.88. The fourth-order valence-electron chi connectivity index (χ4n) is 0.727. The number of carboxylic acids is 1. The Morgan fingerprint density at radius 1 is 1.82 bits per heavy atom. The number of carboxylic acid groups (broad SMARTS) is 1. The third kappa shape index (κ3) is 5.33. The molecular weight excluding hydrogens is 142 g/mol. The molecule has 0 aromatic carbocycles. The Morgan fingerprint density at radius 3 is 2.73 bits per heavy atom. The Morgan fingerprint density at radius 2 is 2.36 bits per heavy atom. The zero-order chi connectivity index (χ0) is 8.85. The summed E-state index contributed by atoms with van der Waals surface area (Å²) in [6.07, 6.45) is 2.06. The Hall–Kier alpha value is -1.12. The van der Waals surface area contributed by atoms with Gasteiger partial charge in [0, 0.05) is 5.71 Å². The van der Waals surface area contributed by atoms with Gasteiger partial charge in [-0.3, -0.25) is 4.79 Å².